The lowest BCUT2D eigenvalue weighted by Gasteiger charge is -2.15. The molecule has 0 aromatic carbocycles. The highest BCUT2D eigenvalue weighted by atomic mass is 16.6. The average molecular weight is 887 g/mol. The molecule has 0 aliphatic heterocycles. The van der Waals surface area contributed by atoms with Crippen molar-refractivity contribution in [1.82, 2.24) is 0 Å². The van der Waals surface area contributed by atoms with Gasteiger partial charge in [-0.25, -0.2) is 0 Å². The second-order valence-corrected chi connectivity index (χ2v) is 17.2. The van der Waals surface area contributed by atoms with Crippen LogP contribution in [0.25, 0.3) is 0 Å². The maximum atomic E-state index is 12.2. The van der Waals surface area contributed by atoms with Crippen LogP contribution in [0.1, 0.15) is 232 Å². The van der Waals surface area contributed by atoms with Crippen LogP contribution in [0.4, 0.5) is 0 Å². The first-order valence-electron chi connectivity index (χ1n) is 26.4. The van der Waals surface area contributed by atoms with Gasteiger partial charge in [0.2, 0.25) is 0 Å². The highest BCUT2D eigenvalue weighted by Gasteiger charge is 2.16. The Morgan fingerprint density at radius 3 is 1.02 bits per heavy atom. The molecule has 0 radical (unpaired) electrons. The minimum absolute atomic E-state index is 0.0675. The van der Waals surface area contributed by atoms with E-state index in [2.05, 4.69) is 123 Å². The van der Waals surface area contributed by atoms with Gasteiger partial charge >= 0.3 is 11.9 Å². The predicted octanol–water partition coefficient (Wildman–Crippen LogP) is 17.7. The van der Waals surface area contributed by atoms with Crippen LogP contribution in [0.5, 0.6) is 0 Å². The number of aliphatic hydroxyl groups excluding tert-OH is 1. The summed E-state index contributed by atoms with van der Waals surface area (Å²) >= 11 is 0. The Morgan fingerprint density at radius 1 is 0.375 bits per heavy atom. The normalized spacial score (nSPS) is 13.1. The number of hydrogen-bond acceptors (Lipinski definition) is 5. The van der Waals surface area contributed by atoms with Crippen LogP contribution in [0, 0.1) is 0 Å². The van der Waals surface area contributed by atoms with Gasteiger partial charge in [0, 0.05) is 12.8 Å². The molecule has 0 saturated carbocycles. The van der Waals surface area contributed by atoms with E-state index in [4.69, 9.17) is 9.47 Å². The standard InChI is InChI=1S/C59H98O5/c1-3-5-7-9-11-13-14-15-16-17-18-19-20-21-22-23-24-25-26-27-28-29-30-31-32-33-34-35-36-37-38-39-40-41-42-43-44-46-48-50-52-54-59(62)64-57(55-60)56-63-58(61)53-51-49-47-45-12-10-8-6-4-2/h5,7,11,13,15-16,18-19,21-22,24-25,27-28,30-31,33-34,57,60H,3-4,6,8-10,12,14,17,20,23,26,29,32,35-56H2,1-2H3/b7-5-,13-11-,16-15-,19-18-,22-21-,25-24-,28-27-,31-30-,34-33-. The third kappa shape index (κ3) is 51.2. The van der Waals surface area contributed by atoms with E-state index < -0.39 is 6.10 Å². The maximum Gasteiger partial charge on any atom is 0.306 e. The Balaban J connectivity index is 3.53. The summed E-state index contributed by atoms with van der Waals surface area (Å²) in [5.74, 6) is -0.596. The largest absolute Gasteiger partial charge is 0.462 e. The molecule has 0 amide bonds. The van der Waals surface area contributed by atoms with Crippen LogP contribution in [0.2, 0.25) is 0 Å². The smallest absolute Gasteiger partial charge is 0.306 e. The van der Waals surface area contributed by atoms with Gasteiger partial charge in [-0.3, -0.25) is 9.59 Å². The van der Waals surface area contributed by atoms with E-state index in [1.807, 2.05) is 0 Å². The molecule has 0 rings (SSSR count). The molecule has 64 heavy (non-hydrogen) atoms. The Morgan fingerprint density at radius 2 is 0.672 bits per heavy atom. The number of aliphatic hydroxyl groups is 1. The van der Waals surface area contributed by atoms with E-state index in [9.17, 15) is 14.7 Å². The highest BCUT2D eigenvalue weighted by Crippen LogP contribution is 2.15. The summed E-state index contributed by atoms with van der Waals surface area (Å²) in [4.78, 5) is 24.3. The van der Waals surface area contributed by atoms with Crippen molar-refractivity contribution in [2.24, 2.45) is 0 Å². The number of carbonyl (C=O) groups is 2. The van der Waals surface area contributed by atoms with E-state index in [-0.39, 0.29) is 25.2 Å². The highest BCUT2D eigenvalue weighted by molar-refractivity contribution is 5.70. The topological polar surface area (TPSA) is 72.8 Å². The van der Waals surface area contributed by atoms with Gasteiger partial charge in [-0.2, -0.15) is 0 Å². The molecular weight excluding hydrogens is 789 g/mol. The molecule has 0 aromatic heterocycles. The van der Waals surface area contributed by atoms with Gasteiger partial charge in [0.25, 0.3) is 0 Å². The molecule has 0 aliphatic rings. The van der Waals surface area contributed by atoms with Crippen LogP contribution in [0.15, 0.2) is 109 Å². The number of esters is 2. The number of unbranched alkanes of at least 4 members (excludes halogenated alkanes) is 21. The lowest BCUT2D eigenvalue weighted by atomic mass is 10.0. The van der Waals surface area contributed by atoms with Crippen LogP contribution in [0.3, 0.4) is 0 Å². The molecule has 0 spiro atoms. The van der Waals surface area contributed by atoms with Gasteiger partial charge < -0.3 is 14.6 Å². The fourth-order valence-corrected chi connectivity index (χ4v) is 7.14. The van der Waals surface area contributed by atoms with E-state index >= 15 is 0 Å². The molecular formula is C59H98O5. The van der Waals surface area contributed by atoms with Crippen molar-refractivity contribution in [2.75, 3.05) is 13.2 Å². The van der Waals surface area contributed by atoms with Gasteiger partial charge in [-0.15, -0.1) is 0 Å². The number of rotatable bonds is 47. The first kappa shape index (κ1) is 60.6. The second-order valence-electron chi connectivity index (χ2n) is 17.2. The fourth-order valence-electron chi connectivity index (χ4n) is 7.14. The summed E-state index contributed by atoms with van der Waals surface area (Å²) in [5, 5.41) is 9.57. The van der Waals surface area contributed by atoms with E-state index in [1.54, 1.807) is 0 Å². The Hall–Kier alpha value is -3.44. The molecule has 1 unspecified atom stereocenters. The van der Waals surface area contributed by atoms with Gasteiger partial charge in [-0.05, 0) is 83.5 Å². The number of allylic oxidation sites excluding steroid dienone is 18. The van der Waals surface area contributed by atoms with Crippen molar-refractivity contribution in [3.05, 3.63) is 109 Å². The third-order valence-electron chi connectivity index (χ3n) is 11.1. The lowest BCUT2D eigenvalue weighted by Crippen LogP contribution is -2.28. The summed E-state index contributed by atoms with van der Waals surface area (Å²) in [5.41, 5.74) is 0. The number of carbonyl (C=O) groups excluding carboxylic acids is 2. The molecule has 0 fully saturated rings. The molecule has 1 N–H and O–H groups in total. The monoisotopic (exact) mass is 887 g/mol. The molecule has 5 nitrogen and oxygen atoms in total. The fraction of sp³-hybridized carbons (Fsp3) is 0.661. The van der Waals surface area contributed by atoms with E-state index in [0.29, 0.717) is 12.8 Å². The maximum absolute atomic E-state index is 12.2. The predicted molar refractivity (Wildman–Crippen MR) is 279 cm³/mol. The first-order valence-corrected chi connectivity index (χ1v) is 26.4. The van der Waals surface area contributed by atoms with Gasteiger partial charge in [0.1, 0.15) is 6.61 Å². The number of ether oxygens (including phenoxy) is 2. The molecule has 0 saturated heterocycles. The molecule has 0 heterocycles. The van der Waals surface area contributed by atoms with Crippen molar-refractivity contribution < 1.29 is 24.2 Å². The SMILES string of the molecule is CC/C=C\C/C=C\C/C=C\C/C=C\C/C=C\C/C=C\C/C=C\C/C=C\C/C=C\CCCCCCCCCCCCCCCC(=O)OC(CO)COC(=O)CCCCCCCCCCC. The Kier molecular flexibility index (Phi) is 51.0. The summed E-state index contributed by atoms with van der Waals surface area (Å²) in [6.45, 7) is 4.00. The van der Waals surface area contributed by atoms with Gasteiger partial charge in [-0.1, -0.05) is 245 Å². The minimum atomic E-state index is -0.773. The summed E-state index contributed by atoms with van der Waals surface area (Å²) in [6.07, 6.45) is 77.8. The molecule has 0 aromatic rings. The van der Waals surface area contributed by atoms with E-state index in [0.717, 1.165) is 96.3 Å². The van der Waals surface area contributed by atoms with Crippen LogP contribution in [-0.2, 0) is 19.1 Å². The third-order valence-corrected chi connectivity index (χ3v) is 11.1. The minimum Gasteiger partial charge on any atom is -0.462 e. The van der Waals surface area contributed by atoms with Crippen LogP contribution >= 0.6 is 0 Å². The lowest BCUT2D eigenvalue weighted by molar-refractivity contribution is -0.161. The van der Waals surface area contributed by atoms with Crippen molar-refractivity contribution in [2.45, 2.75) is 238 Å². The molecule has 0 bridgehead atoms. The van der Waals surface area contributed by atoms with Gasteiger partial charge in [0.05, 0.1) is 6.61 Å². The Labute approximate surface area is 395 Å². The zero-order chi connectivity index (χ0) is 46.3. The van der Waals surface area contributed by atoms with Gasteiger partial charge in [0.15, 0.2) is 6.10 Å². The second kappa shape index (κ2) is 53.9. The average Bonchev–Trinajstić information content (AvgIpc) is 3.30. The number of hydrogen-bond donors (Lipinski definition) is 1. The van der Waals surface area contributed by atoms with Crippen molar-refractivity contribution in [1.29, 1.82) is 0 Å². The van der Waals surface area contributed by atoms with Crippen molar-refractivity contribution in [3.63, 3.8) is 0 Å². The van der Waals surface area contributed by atoms with E-state index in [1.165, 1.54) is 109 Å². The Bertz CT molecular complexity index is 1280. The molecule has 0 aliphatic carbocycles. The first-order chi connectivity index (χ1) is 31.6. The molecule has 364 valence electrons. The zero-order valence-electron chi connectivity index (χ0n) is 41.5. The van der Waals surface area contributed by atoms with Crippen LogP contribution in [-0.4, -0.2) is 36.4 Å². The van der Waals surface area contributed by atoms with Crippen molar-refractivity contribution >= 4 is 11.9 Å². The van der Waals surface area contributed by atoms with Crippen molar-refractivity contribution in [3.8, 4) is 0 Å². The quantitative estimate of drug-likeness (QED) is 0.0374. The summed E-state index contributed by atoms with van der Waals surface area (Å²) in [7, 11) is 0. The van der Waals surface area contributed by atoms with Crippen LogP contribution < -0.4 is 0 Å². The summed E-state index contributed by atoms with van der Waals surface area (Å²) in [6, 6.07) is 0. The summed E-state index contributed by atoms with van der Waals surface area (Å²) < 4.78 is 10.6. The molecule has 5 heteroatoms. The molecule has 1 atom stereocenters. The zero-order valence-corrected chi connectivity index (χ0v) is 41.5.